The lowest BCUT2D eigenvalue weighted by atomic mass is 9.71. The summed E-state index contributed by atoms with van der Waals surface area (Å²) in [6, 6.07) is 9.53. The van der Waals surface area contributed by atoms with Crippen LogP contribution in [0.25, 0.3) is 0 Å². The summed E-state index contributed by atoms with van der Waals surface area (Å²) in [6.45, 7) is 5.10. The lowest BCUT2D eigenvalue weighted by molar-refractivity contribution is -0.0761. The Morgan fingerprint density at radius 1 is 1.38 bits per heavy atom. The minimum absolute atomic E-state index is 0.252. The van der Waals surface area contributed by atoms with Crippen LogP contribution in [0, 0.1) is 6.92 Å². The Morgan fingerprint density at radius 2 is 2.25 bits per heavy atom. The van der Waals surface area contributed by atoms with E-state index >= 15 is 0 Å². The molecule has 2 heteroatoms. The van der Waals surface area contributed by atoms with E-state index < -0.39 is 0 Å². The minimum atomic E-state index is 0.252. The van der Waals surface area contributed by atoms with Gasteiger partial charge in [-0.25, -0.2) is 0 Å². The highest BCUT2D eigenvalue weighted by Crippen LogP contribution is 2.39. The van der Waals surface area contributed by atoms with Crippen molar-refractivity contribution in [2.24, 2.45) is 0 Å². The van der Waals surface area contributed by atoms with E-state index in [1.54, 1.807) is 0 Å². The number of rotatable bonds is 2. The molecule has 0 aliphatic carbocycles. The summed E-state index contributed by atoms with van der Waals surface area (Å²) in [4.78, 5) is 0. The third kappa shape index (κ3) is 1.48. The minimum Gasteiger partial charge on any atom is -0.379 e. The highest BCUT2D eigenvalue weighted by Gasteiger charge is 2.47. The summed E-state index contributed by atoms with van der Waals surface area (Å²) < 4.78 is 5.50. The van der Waals surface area contributed by atoms with Crippen molar-refractivity contribution in [1.82, 2.24) is 5.32 Å². The summed E-state index contributed by atoms with van der Waals surface area (Å²) in [5, 5.41) is 3.64. The van der Waals surface area contributed by atoms with Crippen LogP contribution in [0.2, 0.25) is 0 Å². The predicted octanol–water partition coefficient (Wildman–Crippen LogP) is 2.02. The monoisotopic (exact) mass is 217 g/mol. The zero-order valence-electron chi connectivity index (χ0n) is 9.83. The SMILES string of the molecule is Cc1cccc(C2(C3CCCN3)COC2)c1. The van der Waals surface area contributed by atoms with Gasteiger partial charge in [-0.05, 0) is 31.9 Å². The van der Waals surface area contributed by atoms with Crippen molar-refractivity contribution >= 4 is 0 Å². The average Bonchev–Trinajstić information content (AvgIpc) is 2.70. The van der Waals surface area contributed by atoms with Gasteiger partial charge < -0.3 is 10.1 Å². The number of nitrogens with one attached hydrogen (secondary N) is 1. The van der Waals surface area contributed by atoms with E-state index in [0.29, 0.717) is 6.04 Å². The molecule has 86 valence electrons. The molecule has 0 saturated carbocycles. The molecule has 2 nitrogen and oxygen atoms in total. The van der Waals surface area contributed by atoms with Gasteiger partial charge in [-0.15, -0.1) is 0 Å². The largest absolute Gasteiger partial charge is 0.379 e. The third-order valence-corrected chi connectivity index (χ3v) is 4.04. The molecule has 1 atom stereocenters. The van der Waals surface area contributed by atoms with Gasteiger partial charge in [-0.1, -0.05) is 29.8 Å². The van der Waals surface area contributed by atoms with Crippen LogP contribution in [0.3, 0.4) is 0 Å². The van der Waals surface area contributed by atoms with Gasteiger partial charge >= 0.3 is 0 Å². The predicted molar refractivity (Wildman–Crippen MR) is 64.7 cm³/mol. The van der Waals surface area contributed by atoms with Crippen LogP contribution in [0.4, 0.5) is 0 Å². The van der Waals surface area contributed by atoms with E-state index in [9.17, 15) is 0 Å². The third-order valence-electron chi connectivity index (χ3n) is 4.04. The Labute approximate surface area is 97.0 Å². The van der Waals surface area contributed by atoms with E-state index in [1.165, 1.54) is 24.0 Å². The molecular weight excluding hydrogens is 198 g/mol. The van der Waals surface area contributed by atoms with Crippen LogP contribution < -0.4 is 5.32 Å². The fraction of sp³-hybridized carbons (Fsp3) is 0.571. The topological polar surface area (TPSA) is 21.3 Å². The number of benzene rings is 1. The lowest BCUT2D eigenvalue weighted by Gasteiger charge is -2.46. The molecule has 2 aliphatic rings. The van der Waals surface area contributed by atoms with Crippen molar-refractivity contribution in [3.05, 3.63) is 35.4 Å². The number of hydrogen-bond acceptors (Lipinski definition) is 2. The molecule has 1 aromatic rings. The lowest BCUT2D eigenvalue weighted by Crippen LogP contribution is -2.58. The van der Waals surface area contributed by atoms with Crippen LogP contribution in [-0.4, -0.2) is 25.8 Å². The highest BCUT2D eigenvalue weighted by atomic mass is 16.5. The fourth-order valence-corrected chi connectivity index (χ4v) is 3.00. The maximum Gasteiger partial charge on any atom is 0.0600 e. The van der Waals surface area contributed by atoms with Gasteiger partial charge in [0, 0.05) is 6.04 Å². The molecule has 0 spiro atoms. The first-order valence-corrected chi connectivity index (χ1v) is 6.19. The van der Waals surface area contributed by atoms with Crippen LogP contribution >= 0.6 is 0 Å². The van der Waals surface area contributed by atoms with Gasteiger partial charge in [-0.3, -0.25) is 0 Å². The number of ether oxygens (including phenoxy) is 1. The smallest absolute Gasteiger partial charge is 0.0600 e. The molecule has 1 aromatic carbocycles. The van der Waals surface area contributed by atoms with E-state index in [1.807, 2.05) is 0 Å². The highest BCUT2D eigenvalue weighted by molar-refractivity contribution is 5.34. The van der Waals surface area contributed by atoms with E-state index in [2.05, 4.69) is 36.5 Å². The van der Waals surface area contributed by atoms with Gasteiger partial charge in [0.2, 0.25) is 0 Å². The fourth-order valence-electron chi connectivity index (χ4n) is 3.00. The molecule has 0 aromatic heterocycles. The van der Waals surface area contributed by atoms with Crippen molar-refractivity contribution < 1.29 is 4.74 Å². The first kappa shape index (κ1) is 10.3. The molecule has 0 bridgehead atoms. The maximum absolute atomic E-state index is 5.50. The summed E-state index contributed by atoms with van der Waals surface area (Å²) in [5.41, 5.74) is 3.06. The van der Waals surface area contributed by atoms with Crippen LogP contribution in [-0.2, 0) is 10.2 Å². The number of hydrogen-bond donors (Lipinski definition) is 1. The molecule has 2 heterocycles. The normalized spacial score (nSPS) is 27.7. The van der Waals surface area contributed by atoms with Crippen molar-refractivity contribution in [3.8, 4) is 0 Å². The molecule has 0 radical (unpaired) electrons. The Bertz CT molecular complexity index is 378. The van der Waals surface area contributed by atoms with Gasteiger partial charge in [0.25, 0.3) is 0 Å². The first-order valence-electron chi connectivity index (χ1n) is 6.19. The summed E-state index contributed by atoms with van der Waals surface area (Å²) >= 11 is 0. The first-order chi connectivity index (χ1) is 7.81. The van der Waals surface area contributed by atoms with E-state index in [0.717, 1.165) is 19.8 Å². The second-order valence-electron chi connectivity index (χ2n) is 5.17. The van der Waals surface area contributed by atoms with Crippen LogP contribution in [0.5, 0.6) is 0 Å². The maximum atomic E-state index is 5.50. The molecule has 1 unspecified atom stereocenters. The van der Waals surface area contributed by atoms with Crippen molar-refractivity contribution in [2.45, 2.75) is 31.2 Å². The second kappa shape index (κ2) is 3.86. The number of aryl methyl sites for hydroxylation is 1. The van der Waals surface area contributed by atoms with E-state index in [4.69, 9.17) is 4.74 Å². The molecule has 2 saturated heterocycles. The molecule has 3 rings (SSSR count). The van der Waals surface area contributed by atoms with Gasteiger partial charge in [-0.2, -0.15) is 0 Å². The Kier molecular flexibility index (Phi) is 2.49. The molecule has 0 amide bonds. The van der Waals surface area contributed by atoms with Crippen molar-refractivity contribution in [3.63, 3.8) is 0 Å². The summed E-state index contributed by atoms with van der Waals surface area (Å²) in [5.74, 6) is 0. The van der Waals surface area contributed by atoms with Crippen LogP contribution in [0.1, 0.15) is 24.0 Å². The standard InChI is InChI=1S/C14H19NO/c1-11-4-2-5-12(8-11)14(9-16-10-14)13-6-3-7-15-13/h2,4-5,8,13,15H,3,6-7,9-10H2,1H3. The van der Waals surface area contributed by atoms with Crippen LogP contribution in [0.15, 0.2) is 24.3 Å². The van der Waals surface area contributed by atoms with E-state index in [-0.39, 0.29) is 5.41 Å². The summed E-state index contributed by atoms with van der Waals surface area (Å²) in [6.07, 6.45) is 2.59. The van der Waals surface area contributed by atoms with Gasteiger partial charge in [0.05, 0.1) is 18.6 Å². The quantitative estimate of drug-likeness (QED) is 0.818. The average molecular weight is 217 g/mol. The van der Waals surface area contributed by atoms with Crippen molar-refractivity contribution in [1.29, 1.82) is 0 Å². The molecule has 2 fully saturated rings. The Hall–Kier alpha value is -0.860. The van der Waals surface area contributed by atoms with Gasteiger partial charge in [0.15, 0.2) is 0 Å². The molecular formula is C14H19NO. The molecule has 16 heavy (non-hydrogen) atoms. The zero-order chi connectivity index (χ0) is 11.0. The van der Waals surface area contributed by atoms with Gasteiger partial charge in [0.1, 0.15) is 0 Å². The molecule has 2 aliphatic heterocycles. The molecule has 1 N–H and O–H groups in total. The second-order valence-corrected chi connectivity index (χ2v) is 5.17. The van der Waals surface area contributed by atoms with Crippen molar-refractivity contribution in [2.75, 3.05) is 19.8 Å². The Morgan fingerprint density at radius 3 is 2.81 bits per heavy atom. The Balaban J connectivity index is 1.94. The zero-order valence-corrected chi connectivity index (χ0v) is 9.83. The summed E-state index contributed by atoms with van der Waals surface area (Å²) in [7, 11) is 0.